The monoisotopic (exact) mass is 476 g/mol. The van der Waals surface area contributed by atoms with Crippen molar-refractivity contribution >= 4 is 5.97 Å². The molecule has 1 aromatic heterocycles. The van der Waals surface area contributed by atoms with Crippen molar-refractivity contribution in [2.24, 2.45) is 0 Å². The summed E-state index contributed by atoms with van der Waals surface area (Å²) in [5, 5.41) is 0. The van der Waals surface area contributed by atoms with Crippen molar-refractivity contribution in [2.45, 2.75) is 50.7 Å². The maximum Gasteiger partial charge on any atom is 0.333 e. The highest BCUT2D eigenvalue weighted by Gasteiger charge is 2.56. The van der Waals surface area contributed by atoms with Crippen LogP contribution in [0.25, 0.3) is 0 Å². The van der Waals surface area contributed by atoms with E-state index in [1.165, 1.54) is 7.11 Å². The Morgan fingerprint density at radius 1 is 1.21 bits per heavy atom. The van der Waals surface area contributed by atoms with E-state index in [1.807, 2.05) is 0 Å². The summed E-state index contributed by atoms with van der Waals surface area (Å²) in [7, 11) is 1.52. The molecule has 0 amide bonds. The maximum absolute atomic E-state index is 14.7. The van der Waals surface area contributed by atoms with Gasteiger partial charge in [-0.3, -0.25) is 13.9 Å². The molecule has 0 bridgehead atoms. The number of methoxy groups -OCH3 is 1. The first kappa shape index (κ1) is 23.9. The fraction of sp³-hybridized carbons (Fsp3) is 0.435. The van der Waals surface area contributed by atoms with Gasteiger partial charge >= 0.3 is 11.7 Å². The summed E-state index contributed by atoms with van der Waals surface area (Å²) in [5.41, 5.74) is -1.26. The average molecular weight is 476 g/mol. The number of hydrogen-bond acceptors (Lipinski definition) is 8. The van der Waals surface area contributed by atoms with Gasteiger partial charge in [0.2, 0.25) is 5.82 Å². The number of hydrogen-bond donors (Lipinski definition) is 0. The molecule has 4 atom stereocenters. The van der Waals surface area contributed by atoms with Gasteiger partial charge < -0.3 is 23.7 Å². The Morgan fingerprint density at radius 3 is 2.53 bits per heavy atom. The number of ether oxygens (including phenoxy) is 5. The lowest BCUT2D eigenvalue weighted by molar-refractivity contribution is -0.202. The van der Waals surface area contributed by atoms with Crippen LogP contribution < -0.4 is 16.0 Å². The van der Waals surface area contributed by atoms with Crippen LogP contribution in [-0.2, 0) is 30.3 Å². The van der Waals surface area contributed by atoms with Gasteiger partial charge in [-0.1, -0.05) is 18.7 Å². The number of fused-ring (bicyclic) bond motifs is 1. The van der Waals surface area contributed by atoms with Crippen molar-refractivity contribution in [2.75, 3.05) is 13.7 Å². The molecule has 34 heavy (non-hydrogen) atoms. The van der Waals surface area contributed by atoms with E-state index in [0.29, 0.717) is 11.3 Å². The Labute approximate surface area is 194 Å². The van der Waals surface area contributed by atoms with Gasteiger partial charge in [-0.25, -0.2) is 9.59 Å². The molecule has 2 aliphatic heterocycles. The maximum atomic E-state index is 14.7. The lowest BCUT2D eigenvalue weighted by atomic mass is 10.1. The molecule has 10 nitrogen and oxygen atoms in total. The van der Waals surface area contributed by atoms with E-state index in [2.05, 4.69) is 6.58 Å². The predicted molar refractivity (Wildman–Crippen MR) is 116 cm³/mol. The minimum atomic E-state index is -1.13. The second-order valence-corrected chi connectivity index (χ2v) is 8.37. The molecule has 0 aliphatic carbocycles. The first-order valence-corrected chi connectivity index (χ1v) is 10.6. The molecule has 0 N–H and O–H groups in total. The van der Waals surface area contributed by atoms with Gasteiger partial charge in [-0.05, 0) is 31.5 Å². The SMILES string of the molecule is C=CC(=O)OC[C@H]1O[C@@H](n2cc(F)c(=O)n(Cc3ccc(OC)cc3)c2=O)[C@@H]2OC(C)(C)O[C@@H]21. The zero-order chi connectivity index (χ0) is 24.6. The molecule has 2 aromatic rings. The van der Waals surface area contributed by atoms with Gasteiger partial charge in [0, 0.05) is 6.08 Å². The third kappa shape index (κ3) is 4.54. The summed E-state index contributed by atoms with van der Waals surface area (Å²) < 4.78 is 44.3. The van der Waals surface area contributed by atoms with Crippen LogP contribution in [-0.4, -0.2) is 52.9 Å². The molecular formula is C23H25FN2O8. The summed E-state index contributed by atoms with van der Waals surface area (Å²) in [5.74, 6) is -2.20. The third-order valence-electron chi connectivity index (χ3n) is 5.61. The van der Waals surface area contributed by atoms with Gasteiger partial charge in [0.1, 0.15) is 30.7 Å². The van der Waals surface area contributed by atoms with Gasteiger partial charge in [-0.2, -0.15) is 4.39 Å². The molecular weight excluding hydrogens is 451 g/mol. The standard InChI is InChI=1S/C23H25FN2O8/c1-5-17(27)31-12-16-18-19(34-23(2,3)33-18)21(32-16)26-11-15(24)20(28)25(22(26)29)10-13-6-8-14(30-4)9-7-13/h5-9,11,16,18-19,21H,1,10,12H2,2-4H3/t16-,18-,19-,21-/m1/s1. The Morgan fingerprint density at radius 2 is 1.88 bits per heavy atom. The largest absolute Gasteiger partial charge is 0.497 e. The Balaban J connectivity index is 1.68. The van der Waals surface area contributed by atoms with Gasteiger partial charge in [0.15, 0.2) is 12.0 Å². The molecule has 4 rings (SSSR count). The van der Waals surface area contributed by atoms with Crippen LogP contribution in [0.1, 0.15) is 25.6 Å². The van der Waals surface area contributed by atoms with Crippen LogP contribution in [0.3, 0.4) is 0 Å². The summed E-state index contributed by atoms with van der Waals surface area (Å²) in [6, 6.07) is 6.68. The topological polar surface area (TPSA) is 107 Å². The molecule has 0 spiro atoms. The number of nitrogens with zero attached hydrogens (tertiary/aromatic N) is 2. The minimum Gasteiger partial charge on any atom is -0.497 e. The van der Waals surface area contributed by atoms with Crippen LogP contribution in [0.4, 0.5) is 4.39 Å². The van der Waals surface area contributed by atoms with Crippen molar-refractivity contribution in [3.8, 4) is 5.75 Å². The van der Waals surface area contributed by atoms with E-state index in [4.69, 9.17) is 23.7 Å². The van der Waals surface area contributed by atoms with Crippen LogP contribution >= 0.6 is 0 Å². The van der Waals surface area contributed by atoms with Crippen LogP contribution in [0.2, 0.25) is 0 Å². The molecule has 11 heteroatoms. The highest BCUT2D eigenvalue weighted by atomic mass is 19.1. The van der Waals surface area contributed by atoms with E-state index in [9.17, 15) is 18.8 Å². The van der Waals surface area contributed by atoms with E-state index in [1.54, 1.807) is 38.1 Å². The van der Waals surface area contributed by atoms with Crippen LogP contribution in [0.15, 0.2) is 52.7 Å². The highest BCUT2D eigenvalue weighted by Crippen LogP contribution is 2.42. The highest BCUT2D eigenvalue weighted by molar-refractivity contribution is 5.81. The lowest BCUT2D eigenvalue weighted by Gasteiger charge is -2.25. The molecule has 182 valence electrons. The summed E-state index contributed by atoms with van der Waals surface area (Å²) in [6.45, 7) is 6.36. The fourth-order valence-corrected chi connectivity index (χ4v) is 4.06. The number of esters is 1. The quantitative estimate of drug-likeness (QED) is 0.436. The molecule has 0 saturated carbocycles. The minimum absolute atomic E-state index is 0.163. The normalized spacial score (nSPS) is 25.1. The number of halogens is 1. The Kier molecular flexibility index (Phi) is 6.43. The van der Waals surface area contributed by atoms with Crippen molar-refractivity contribution < 1.29 is 32.9 Å². The van der Waals surface area contributed by atoms with Crippen molar-refractivity contribution in [3.63, 3.8) is 0 Å². The van der Waals surface area contributed by atoms with Gasteiger partial charge in [0.25, 0.3) is 5.56 Å². The van der Waals surface area contributed by atoms with Gasteiger partial charge in [0.05, 0.1) is 19.9 Å². The molecule has 1 aromatic carbocycles. The summed E-state index contributed by atoms with van der Waals surface area (Å²) in [4.78, 5) is 37.3. The van der Waals surface area contributed by atoms with Crippen LogP contribution in [0.5, 0.6) is 5.75 Å². The molecule has 3 heterocycles. The average Bonchev–Trinajstić information content (AvgIpc) is 3.30. The third-order valence-corrected chi connectivity index (χ3v) is 5.61. The second-order valence-electron chi connectivity index (χ2n) is 8.37. The first-order valence-electron chi connectivity index (χ1n) is 10.6. The Hall–Kier alpha value is -3.28. The number of carbonyl (C=O) groups is 1. The van der Waals surface area contributed by atoms with Crippen molar-refractivity contribution in [1.82, 2.24) is 9.13 Å². The molecule has 2 fully saturated rings. The number of carbonyl (C=O) groups excluding carboxylic acids is 1. The molecule has 2 saturated heterocycles. The second kappa shape index (κ2) is 9.16. The molecule has 0 radical (unpaired) electrons. The fourth-order valence-electron chi connectivity index (χ4n) is 4.06. The first-order chi connectivity index (χ1) is 16.1. The van der Waals surface area contributed by atoms with E-state index < -0.39 is 53.4 Å². The van der Waals surface area contributed by atoms with E-state index in [-0.39, 0.29) is 13.2 Å². The predicted octanol–water partition coefficient (Wildman–Crippen LogP) is 1.35. The summed E-state index contributed by atoms with van der Waals surface area (Å²) >= 11 is 0. The molecule has 2 aliphatic rings. The van der Waals surface area contributed by atoms with E-state index >= 15 is 0 Å². The lowest BCUT2D eigenvalue weighted by Crippen LogP contribution is -2.44. The smallest absolute Gasteiger partial charge is 0.333 e. The van der Waals surface area contributed by atoms with Crippen LogP contribution in [0, 0.1) is 5.82 Å². The van der Waals surface area contributed by atoms with E-state index in [0.717, 1.165) is 21.4 Å². The van der Waals surface area contributed by atoms with Crippen molar-refractivity contribution in [3.05, 3.63) is 75.3 Å². The zero-order valence-corrected chi connectivity index (χ0v) is 18.9. The number of benzene rings is 1. The summed E-state index contributed by atoms with van der Waals surface area (Å²) in [6.07, 6.45) is -1.62. The number of rotatable bonds is 7. The Bertz CT molecular complexity index is 1200. The number of aromatic nitrogens is 2. The van der Waals surface area contributed by atoms with Crippen molar-refractivity contribution in [1.29, 1.82) is 0 Å². The zero-order valence-electron chi connectivity index (χ0n) is 18.9. The molecule has 0 unspecified atom stereocenters. The van der Waals surface area contributed by atoms with Gasteiger partial charge in [-0.15, -0.1) is 0 Å².